The number of fused-ring (bicyclic) bond motifs is 1. The van der Waals surface area contributed by atoms with Crippen LogP contribution in [-0.4, -0.2) is 52.4 Å². The van der Waals surface area contributed by atoms with E-state index in [9.17, 15) is 14.4 Å². The zero-order chi connectivity index (χ0) is 24.5. The minimum Gasteiger partial charge on any atom is -0.497 e. The standard InChI is InChI=1S/C27H29N3O4/c1-17-27(24(33)30(28-17)25(2,3)4)21(19-12-9-13-20(14-19)34-5)26(27)16-29(23(32)22(26)31)15-18-10-7-6-8-11-18/h6-14,21H,15-16H2,1-5H3/t21-,26?,27?/m0/s1. The molecule has 2 amide bonds. The number of carbonyl (C=O) groups excluding carboxylic acids is 3. The van der Waals surface area contributed by atoms with E-state index >= 15 is 0 Å². The normalized spacial score (nSPS) is 28.3. The molecule has 1 saturated carbocycles. The molecule has 0 aromatic heterocycles. The molecule has 5 rings (SSSR count). The second-order valence-corrected chi connectivity index (χ2v) is 10.4. The molecular weight excluding hydrogens is 430 g/mol. The number of hydrogen-bond acceptors (Lipinski definition) is 5. The second kappa shape index (κ2) is 7.26. The Hall–Kier alpha value is -3.48. The molecular formula is C27H29N3O4. The molecule has 1 aliphatic carbocycles. The number of likely N-dealkylation sites (tertiary alicyclic amines) is 1. The van der Waals surface area contributed by atoms with Crippen LogP contribution in [0, 0.1) is 10.8 Å². The average molecular weight is 460 g/mol. The van der Waals surface area contributed by atoms with Gasteiger partial charge in [0.05, 0.1) is 23.8 Å². The summed E-state index contributed by atoms with van der Waals surface area (Å²) in [6.45, 7) is 8.06. The van der Waals surface area contributed by atoms with Gasteiger partial charge in [0.15, 0.2) is 0 Å². The predicted octanol–water partition coefficient (Wildman–Crippen LogP) is 3.39. The van der Waals surface area contributed by atoms with E-state index in [1.807, 2.05) is 82.3 Å². The molecule has 2 aromatic carbocycles. The molecule has 0 radical (unpaired) electrons. The van der Waals surface area contributed by atoms with E-state index in [4.69, 9.17) is 4.74 Å². The van der Waals surface area contributed by atoms with Crippen molar-refractivity contribution in [3.8, 4) is 5.75 Å². The minimum absolute atomic E-state index is 0.179. The van der Waals surface area contributed by atoms with Crippen LogP contribution in [0.4, 0.5) is 0 Å². The first-order chi connectivity index (χ1) is 16.1. The Labute approximate surface area is 199 Å². The van der Waals surface area contributed by atoms with Crippen LogP contribution >= 0.6 is 0 Å². The van der Waals surface area contributed by atoms with Gasteiger partial charge in [-0.3, -0.25) is 14.4 Å². The van der Waals surface area contributed by atoms with Crippen LogP contribution < -0.4 is 4.74 Å². The number of carbonyl (C=O) groups is 3. The number of Topliss-reactive ketones (excluding diaryl/α,β-unsaturated/α-hetero) is 1. The quantitative estimate of drug-likeness (QED) is 0.657. The third-order valence-corrected chi connectivity index (χ3v) is 7.50. The Morgan fingerprint density at radius 3 is 2.38 bits per heavy atom. The van der Waals surface area contributed by atoms with Gasteiger partial charge in [-0.05, 0) is 51.0 Å². The number of ketones is 1. The highest BCUT2D eigenvalue weighted by atomic mass is 16.5. The molecule has 3 aliphatic rings. The van der Waals surface area contributed by atoms with Gasteiger partial charge in [-0.25, -0.2) is 5.01 Å². The van der Waals surface area contributed by atoms with Gasteiger partial charge in [0.1, 0.15) is 11.2 Å². The van der Waals surface area contributed by atoms with E-state index < -0.39 is 34.0 Å². The predicted molar refractivity (Wildman–Crippen MR) is 127 cm³/mol. The van der Waals surface area contributed by atoms with Crippen LogP contribution in [0.15, 0.2) is 59.7 Å². The van der Waals surface area contributed by atoms with E-state index in [0.29, 0.717) is 18.0 Å². The van der Waals surface area contributed by atoms with E-state index in [1.54, 1.807) is 12.0 Å². The molecule has 0 N–H and O–H groups in total. The maximum atomic E-state index is 14.1. The molecule has 0 bridgehead atoms. The topological polar surface area (TPSA) is 79.3 Å². The zero-order valence-electron chi connectivity index (χ0n) is 20.2. The van der Waals surface area contributed by atoms with Gasteiger partial charge < -0.3 is 9.64 Å². The highest BCUT2D eigenvalue weighted by Gasteiger charge is 2.90. The SMILES string of the molecule is COc1cccc([C@H]2C3(CN(Cc4ccccc4)C(=O)C3=O)C23C(=O)N(C(C)(C)C)N=C3C)c1. The van der Waals surface area contributed by atoms with Gasteiger partial charge in [0.25, 0.3) is 11.8 Å². The number of methoxy groups -OCH3 is 1. The van der Waals surface area contributed by atoms with Crippen molar-refractivity contribution in [2.75, 3.05) is 13.7 Å². The van der Waals surface area contributed by atoms with E-state index in [0.717, 1.165) is 11.1 Å². The first-order valence-electron chi connectivity index (χ1n) is 11.5. The minimum atomic E-state index is -1.18. The van der Waals surface area contributed by atoms with Crippen molar-refractivity contribution in [1.29, 1.82) is 0 Å². The van der Waals surface area contributed by atoms with Gasteiger partial charge in [-0.1, -0.05) is 42.5 Å². The average Bonchev–Trinajstić information content (AvgIpc) is 3.25. The van der Waals surface area contributed by atoms with E-state index in [1.165, 1.54) is 5.01 Å². The zero-order valence-corrected chi connectivity index (χ0v) is 20.2. The molecule has 176 valence electrons. The third kappa shape index (κ3) is 2.76. The number of nitrogens with zero attached hydrogens (tertiary/aromatic N) is 3. The summed E-state index contributed by atoms with van der Waals surface area (Å²) in [4.78, 5) is 42.7. The Balaban J connectivity index is 1.63. The molecule has 2 fully saturated rings. The highest BCUT2D eigenvalue weighted by Crippen LogP contribution is 2.79. The van der Waals surface area contributed by atoms with Crippen molar-refractivity contribution in [2.24, 2.45) is 15.9 Å². The molecule has 2 aliphatic heterocycles. The number of amides is 2. The lowest BCUT2D eigenvalue weighted by molar-refractivity contribution is -0.143. The maximum Gasteiger partial charge on any atom is 0.291 e. The van der Waals surface area contributed by atoms with Crippen molar-refractivity contribution in [3.63, 3.8) is 0 Å². The lowest BCUT2D eigenvalue weighted by Crippen LogP contribution is -2.44. The summed E-state index contributed by atoms with van der Waals surface area (Å²) in [6.07, 6.45) is 0. The van der Waals surface area contributed by atoms with Gasteiger partial charge in [-0.15, -0.1) is 0 Å². The van der Waals surface area contributed by atoms with Crippen LogP contribution in [-0.2, 0) is 20.9 Å². The fourth-order valence-electron chi connectivity index (χ4n) is 6.02. The van der Waals surface area contributed by atoms with Crippen molar-refractivity contribution in [1.82, 2.24) is 9.91 Å². The van der Waals surface area contributed by atoms with Crippen LogP contribution in [0.5, 0.6) is 5.75 Å². The van der Waals surface area contributed by atoms with Crippen LogP contribution in [0.2, 0.25) is 0 Å². The van der Waals surface area contributed by atoms with E-state index in [2.05, 4.69) is 5.10 Å². The van der Waals surface area contributed by atoms with Gasteiger partial charge >= 0.3 is 0 Å². The number of hydrazone groups is 1. The van der Waals surface area contributed by atoms with Crippen molar-refractivity contribution in [2.45, 2.75) is 45.7 Å². The number of benzene rings is 2. The molecule has 2 spiro atoms. The fourth-order valence-corrected chi connectivity index (χ4v) is 6.02. The Bertz CT molecular complexity index is 1230. The van der Waals surface area contributed by atoms with Crippen molar-refractivity contribution >= 4 is 23.3 Å². The van der Waals surface area contributed by atoms with Crippen LogP contribution in [0.1, 0.15) is 44.7 Å². The van der Waals surface area contributed by atoms with Gasteiger partial charge in [0.2, 0.25) is 5.78 Å². The monoisotopic (exact) mass is 459 g/mol. The van der Waals surface area contributed by atoms with Gasteiger partial charge in [0, 0.05) is 19.0 Å². The van der Waals surface area contributed by atoms with E-state index in [-0.39, 0.29) is 12.5 Å². The molecule has 2 aromatic rings. The van der Waals surface area contributed by atoms with Crippen LogP contribution in [0.25, 0.3) is 0 Å². The first-order valence-corrected chi connectivity index (χ1v) is 11.5. The summed E-state index contributed by atoms with van der Waals surface area (Å²) in [7, 11) is 1.58. The lowest BCUT2D eigenvalue weighted by Gasteiger charge is -2.29. The first kappa shape index (κ1) is 22.3. The summed E-state index contributed by atoms with van der Waals surface area (Å²) in [5.41, 5.74) is -0.586. The van der Waals surface area contributed by atoms with Crippen molar-refractivity contribution < 1.29 is 19.1 Å². The molecule has 2 unspecified atom stereocenters. The Kier molecular flexibility index (Phi) is 4.76. The summed E-state index contributed by atoms with van der Waals surface area (Å²) in [5.74, 6) is -1.11. The summed E-state index contributed by atoms with van der Waals surface area (Å²) in [6, 6.07) is 17.0. The molecule has 7 nitrogen and oxygen atoms in total. The van der Waals surface area contributed by atoms with Crippen LogP contribution in [0.3, 0.4) is 0 Å². The maximum absolute atomic E-state index is 14.1. The smallest absolute Gasteiger partial charge is 0.291 e. The molecule has 7 heteroatoms. The lowest BCUT2D eigenvalue weighted by atomic mass is 9.86. The summed E-state index contributed by atoms with van der Waals surface area (Å²) in [5, 5.41) is 6.14. The summed E-state index contributed by atoms with van der Waals surface area (Å²) < 4.78 is 5.42. The fraction of sp³-hybridized carbons (Fsp3) is 0.407. The molecule has 3 atom stereocenters. The second-order valence-electron chi connectivity index (χ2n) is 10.4. The Morgan fingerprint density at radius 2 is 1.76 bits per heavy atom. The summed E-state index contributed by atoms with van der Waals surface area (Å²) >= 11 is 0. The van der Waals surface area contributed by atoms with Gasteiger partial charge in [-0.2, -0.15) is 5.10 Å². The molecule has 34 heavy (non-hydrogen) atoms. The van der Waals surface area contributed by atoms with Crippen molar-refractivity contribution in [3.05, 3.63) is 65.7 Å². The Morgan fingerprint density at radius 1 is 1.06 bits per heavy atom. The molecule has 1 saturated heterocycles. The molecule has 2 heterocycles. The highest BCUT2D eigenvalue weighted by molar-refractivity contribution is 6.45. The largest absolute Gasteiger partial charge is 0.497 e. The third-order valence-electron chi connectivity index (χ3n) is 7.50. The number of hydrogen-bond donors (Lipinski definition) is 0. The number of rotatable bonds is 4. The number of ether oxygens (including phenoxy) is 1.